The van der Waals surface area contributed by atoms with E-state index in [1.807, 2.05) is 6.92 Å². The van der Waals surface area contributed by atoms with Gasteiger partial charge in [0.15, 0.2) is 0 Å². The zero-order valence-electron chi connectivity index (χ0n) is 7.46. The van der Waals surface area contributed by atoms with Crippen LogP contribution in [0.3, 0.4) is 0 Å². The first-order chi connectivity index (χ1) is 5.11. The number of nitrogens with two attached hydrogens (primary N) is 2. The summed E-state index contributed by atoms with van der Waals surface area (Å²) in [5.74, 6) is 0.373. The van der Waals surface area contributed by atoms with Gasteiger partial charge in [0.05, 0.1) is 0 Å². The molecular formula is C5H20N2OSi3. The molecule has 0 fully saturated rings. The molecule has 6 heteroatoms. The topological polar surface area (TPSA) is 72.3 Å². The van der Waals surface area contributed by atoms with E-state index < -0.39 is 8.56 Å². The van der Waals surface area contributed by atoms with Crippen LogP contribution in [-0.2, 0) is 0 Å². The van der Waals surface area contributed by atoms with Crippen molar-refractivity contribution in [3.8, 4) is 0 Å². The standard InChI is InChI=1S/C5H20N2OSi3/c1-4(7)5(2-6)3-11(8)10-9/h4-5,8,11H,2-3,6-7,10H2,1,9H3. The maximum atomic E-state index is 9.53. The van der Waals surface area contributed by atoms with E-state index in [2.05, 4.69) is 0 Å². The van der Waals surface area contributed by atoms with Crippen LogP contribution in [0.25, 0.3) is 0 Å². The van der Waals surface area contributed by atoms with Crippen LogP contribution in [-0.4, -0.2) is 44.3 Å². The average molecular weight is 208 g/mol. The third-order valence-corrected chi connectivity index (χ3v) is 16.5. The summed E-state index contributed by atoms with van der Waals surface area (Å²) in [6, 6.07) is 1.12. The molecule has 0 spiro atoms. The third kappa shape index (κ3) is 4.88. The first kappa shape index (κ1) is 11.5. The average Bonchev–Trinajstić information content (AvgIpc) is 1.99. The highest BCUT2D eigenvalue weighted by molar-refractivity contribution is 7.28. The summed E-state index contributed by atoms with van der Waals surface area (Å²) >= 11 is 0. The van der Waals surface area contributed by atoms with E-state index in [9.17, 15) is 4.80 Å². The lowest BCUT2D eigenvalue weighted by Gasteiger charge is -2.20. The molecule has 3 atom stereocenters. The first-order valence-corrected chi connectivity index (χ1v) is 14.5. The summed E-state index contributed by atoms with van der Waals surface area (Å²) in [7, 11) is -0.0502. The van der Waals surface area contributed by atoms with Crippen molar-refractivity contribution in [1.82, 2.24) is 0 Å². The quantitative estimate of drug-likeness (QED) is 0.412. The van der Waals surface area contributed by atoms with Crippen LogP contribution in [0.4, 0.5) is 0 Å². The normalized spacial score (nSPS) is 20.7. The Morgan fingerprint density at radius 1 is 1.73 bits per heavy atom. The second-order valence-electron chi connectivity index (χ2n) is 3.15. The second-order valence-corrected chi connectivity index (χ2v) is 18.4. The second kappa shape index (κ2) is 6.09. The van der Waals surface area contributed by atoms with E-state index in [0.29, 0.717) is 12.5 Å². The summed E-state index contributed by atoms with van der Waals surface area (Å²) in [6.07, 6.45) is 0. The Bertz CT molecular complexity index is 104. The van der Waals surface area contributed by atoms with E-state index in [-0.39, 0.29) is 14.6 Å². The molecule has 0 bridgehead atoms. The van der Waals surface area contributed by atoms with Gasteiger partial charge in [-0.2, -0.15) is 0 Å². The molecule has 0 saturated carbocycles. The van der Waals surface area contributed by atoms with Crippen LogP contribution >= 0.6 is 0 Å². The highest BCUT2D eigenvalue weighted by Crippen LogP contribution is 2.07. The molecule has 0 aromatic carbocycles. The summed E-state index contributed by atoms with van der Waals surface area (Å²) in [4.78, 5) is 9.53. The van der Waals surface area contributed by atoms with Crippen molar-refractivity contribution >= 4 is 26.9 Å². The molecule has 0 aliphatic rings. The first-order valence-electron chi connectivity index (χ1n) is 4.25. The summed E-state index contributed by atoms with van der Waals surface area (Å²) in [5, 5.41) is 0. The van der Waals surface area contributed by atoms with E-state index in [4.69, 9.17) is 11.5 Å². The fourth-order valence-electron chi connectivity index (χ4n) is 1.04. The van der Waals surface area contributed by atoms with Crippen molar-refractivity contribution in [3.05, 3.63) is 0 Å². The SMILES string of the molecule is CC(N)C(CN)C[SiH](O)[SiH2][SiH3]. The van der Waals surface area contributed by atoms with Gasteiger partial charge in [0.1, 0.15) is 8.56 Å². The maximum Gasteiger partial charge on any atom is 0.150 e. The molecular weight excluding hydrogens is 188 g/mol. The van der Waals surface area contributed by atoms with Crippen molar-refractivity contribution in [2.75, 3.05) is 6.54 Å². The van der Waals surface area contributed by atoms with Crippen molar-refractivity contribution in [2.24, 2.45) is 17.4 Å². The van der Waals surface area contributed by atoms with E-state index in [1.165, 1.54) is 9.76 Å². The van der Waals surface area contributed by atoms with Gasteiger partial charge in [0, 0.05) is 14.6 Å². The predicted molar refractivity (Wildman–Crippen MR) is 58.9 cm³/mol. The van der Waals surface area contributed by atoms with Gasteiger partial charge >= 0.3 is 0 Å². The molecule has 0 aliphatic heterocycles. The van der Waals surface area contributed by atoms with Gasteiger partial charge in [-0.3, -0.25) is 0 Å². The monoisotopic (exact) mass is 208 g/mol. The van der Waals surface area contributed by atoms with Crippen molar-refractivity contribution in [3.63, 3.8) is 0 Å². The van der Waals surface area contributed by atoms with E-state index in [0.717, 1.165) is 6.04 Å². The highest BCUT2D eigenvalue weighted by Gasteiger charge is 2.16. The van der Waals surface area contributed by atoms with Gasteiger partial charge in [-0.1, -0.05) is 0 Å². The van der Waals surface area contributed by atoms with Crippen LogP contribution in [0.5, 0.6) is 0 Å². The molecule has 0 heterocycles. The van der Waals surface area contributed by atoms with Gasteiger partial charge in [-0.15, -0.1) is 0 Å². The molecule has 0 aromatic heterocycles. The van der Waals surface area contributed by atoms with Crippen molar-refractivity contribution < 1.29 is 4.80 Å². The minimum atomic E-state index is -1.27. The molecule has 11 heavy (non-hydrogen) atoms. The summed E-state index contributed by atoms with van der Waals surface area (Å²) in [5.41, 5.74) is 11.2. The van der Waals surface area contributed by atoms with Crippen LogP contribution in [0, 0.1) is 5.92 Å². The smallest absolute Gasteiger partial charge is 0.150 e. The molecule has 3 nitrogen and oxygen atoms in total. The molecule has 0 aliphatic carbocycles. The number of hydrogen-bond donors (Lipinski definition) is 3. The van der Waals surface area contributed by atoms with Crippen LogP contribution in [0.1, 0.15) is 6.92 Å². The van der Waals surface area contributed by atoms with Crippen molar-refractivity contribution in [1.29, 1.82) is 0 Å². The summed E-state index contributed by atoms with van der Waals surface area (Å²) < 4.78 is 0. The summed E-state index contributed by atoms with van der Waals surface area (Å²) in [6.45, 7) is 2.62. The van der Waals surface area contributed by atoms with E-state index >= 15 is 0 Å². The van der Waals surface area contributed by atoms with E-state index in [1.54, 1.807) is 0 Å². The van der Waals surface area contributed by atoms with Gasteiger partial charge in [0.2, 0.25) is 0 Å². The Kier molecular flexibility index (Phi) is 6.39. The lowest BCUT2D eigenvalue weighted by atomic mass is 10.1. The highest BCUT2D eigenvalue weighted by atomic mass is 29.5. The van der Waals surface area contributed by atoms with Gasteiger partial charge < -0.3 is 16.3 Å². The Morgan fingerprint density at radius 2 is 2.27 bits per heavy atom. The Hall–Kier alpha value is 0.531. The lowest BCUT2D eigenvalue weighted by molar-refractivity contribution is 0.470. The lowest BCUT2D eigenvalue weighted by Crippen LogP contribution is -2.37. The van der Waals surface area contributed by atoms with Gasteiger partial charge in [0.25, 0.3) is 0 Å². The molecule has 0 aromatic rings. The molecule has 0 saturated heterocycles. The Morgan fingerprint density at radius 3 is 2.55 bits per heavy atom. The number of hydrogen-bond acceptors (Lipinski definition) is 3. The number of rotatable bonds is 5. The molecule has 3 unspecified atom stereocenters. The maximum absolute atomic E-state index is 9.53. The third-order valence-electron chi connectivity index (χ3n) is 2.09. The fraction of sp³-hybridized carbons (Fsp3) is 1.00. The molecule has 0 radical (unpaired) electrons. The Labute approximate surface area is 75.1 Å². The Balaban J connectivity index is 3.68. The van der Waals surface area contributed by atoms with Crippen LogP contribution < -0.4 is 11.5 Å². The minimum Gasteiger partial charge on any atom is -0.439 e. The zero-order valence-corrected chi connectivity index (χ0v) is 12.0. The predicted octanol–water partition coefficient (Wildman–Crippen LogP) is -3.43. The van der Waals surface area contributed by atoms with Gasteiger partial charge in [-0.05, 0) is 35.2 Å². The zero-order chi connectivity index (χ0) is 8.85. The largest absolute Gasteiger partial charge is 0.439 e. The fourth-order valence-corrected chi connectivity index (χ4v) is 7.98. The van der Waals surface area contributed by atoms with Crippen LogP contribution in [0.2, 0.25) is 6.04 Å². The molecule has 68 valence electrons. The van der Waals surface area contributed by atoms with Gasteiger partial charge in [-0.25, -0.2) is 0 Å². The molecule has 5 N–H and O–H groups in total. The van der Waals surface area contributed by atoms with Crippen molar-refractivity contribution in [2.45, 2.75) is 19.0 Å². The van der Waals surface area contributed by atoms with Crippen LogP contribution in [0.15, 0.2) is 0 Å². The molecule has 0 rings (SSSR count). The molecule has 0 amide bonds. The minimum absolute atomic E-state index is 0.0235.